The van der Waals surface area contributed by atoms with Crippen LogP contribution in [-0.4, -0.2) is 30.0 Å². The lowest BCUT2D eigenvalue weighted by Gasteiger charge is -2.12. The van der Waals surface area contributed by atoms with Gasteiger partial charge in [0.1, 0.15) is 5.82 Å². The molecule has 2 aromatic rings. The summed E-state index contributed by atoms with van der Waals surface area (Å²) in [5.74, 6) is -1.20. The topological polar surface area (TPSA) is 78.4 Å². The van der Waals surface area contributed by atoms with E-state index in [0.717, 1.165) is 4.47 Å². The number of aliphatic hydroxyl groups is 1. The molecule has 3 N–H and O–H groups in total. The summed E-state index contributed by atoms with van der Waals surface area (Å²) in [6.07, 6.45) is -0.949. The van der Waals surface area contributed by atoms with E-state index in [2.05, 4.69) is 26.6 Å². The Morgan fingerprint density at radius 2 is 1.83 bits per heavy atom. The Kier molecular flexibility index (Phi) is 6.45. The molecule has 0 aromatic heterocycles. The molecular formula is C17H16BrFN2O3. The van der Waals surface area contributed by atoms with Gasteiger partial charge in [-0.05, 0) is 35.9 Å². The largest absolute Gasteiger partial charge is 0.387 e. The van der Waals surface area contributed by atoms with E-state index in [0.29, 0.717) is 11.1 Å². The highest BCUT2D eigenvalue weighted by molar-refractivity contribution is 9.10. The molecular weight excluding hydrogens is 379 g/mol. The Morgan fingerprint density at radius 3 is 2.50 bits per heavy atom. The predicted octanol–water partition coefficient (Wildman–Crippen LogP) is 2.17. The van der Waals surface area contributed by atoms with Crippen LogP contribution >= 0.6 is 15.9 Å². The van der Waals surface area contributed by atoms with Crippen LogP contribution in [0.1, 0.15) is 22.0 Å². The summed E-state index contributed by atoms with van der Waals surface area (Å²) in [6.45, 7) is -0.237. The SMILES string of the molecule is O=C(CNC(=O)c1cccc(Br)c1)NCC(O)c1ccc(F)cc1. The molecule has 7 heteroatoms. The van der Waals surface area contributed by atoms with Crippen LogP contribution in [0.25, 0.3) is 0 Å². The molecule has 0 saturated heterocycles. The minimum Gasteiger partial charge on any atom is -0.387 e. The molecule has 126 valence electrons. The number of rotatable bonds is 6. The molecule has 0 aliphatic rings. The van der Waals surface area contributed by atoms with Crippen molar-refractivity contribution in [2.45, 2.75) is 6.10 Å². The molecule has 2 rings (SSSR count). The third kappa shape index (κ3) is 5.43. The van der Waals surface area contributed by atoms with E-state index < -0.39 is 17.8 Å². The first-order chi connectivity index (χ1) is 11.5. The molecule has 5 nitrogen and oxygen atoms in total. The van der Waals surface area contributed by atoms with Gasteiger partial charge >= 0.3 is 0 Å². The second-order valence-electron chi connectivity index (χ2n) is 5.06. The molecule has 0 saturated carbocycles. The molecule has 2 amide bonds. The van der Waals surface area contributed by atoms with Crippen molar-refractivity contribution in [3.05, 3.63) is 69.9 Å². The number of carbonyl (C=O) groups is 2. The Morgan fingerprint density at radius 1 is 1.12 bits per heavy atom. The fourth-order valence-electron chi connectivity index (χ4n) is 1.97. The minimum atomic E-state index is -0.949. The number of halogens is 2. The van der Waals surface area contributed by atoms with Crippen LogP contribution < -0.4 is 10.6 Å². The van der Waals surface area contributed by atoms with Gasteiger partial charge in [-0.25, -0.2) is 4.39 Å². The average molecular weight is 395 g/mol. The number of hydrogen-bond acceptors (Lipinski definition) is 3. The number of nitrogens with one attached hydrogen (secondary N) is 2. The average Bonchev–Trinajstić information content (AvgIpc) is 2.58. The number of benzene rings is 2. The van der Waals surface area contributed by atoms with Crippen LogP contribution in [0.5, 0.6) is 0 Å². The Bertz CT molecular complexity index is 722. The summed E-state index contributed by atoms with van der Waals surface area (Å²) in [5.41, 5.74) is 0.929. The monoisotopic (exact) mass is 394 g/mol. The quantitative estimate of drug-likeness (QED) is 0.702. The van der Waals surface area contributed by atoms with Gasteiger partial charge < -0.3 is 15.7 Å². The third-order valence-corrected chi connectivity index (χ3v) is 3.74. The van der Waals surface area contributed by atoms with Gasteiger partial charge in [-0.1, -0.05) is 34.1 Å². The Labute approximate surface area is 147 Å². The normalized spacial score (nSPS) is 11.6. The van der Waals surface area contributed by atoms with E-state index in [1.807, 2.05) is 0 Å². The van der Waals surface area contributed by atoms with Gasteiger partial charge in [0, 0.05) is 16.6 Å². The van der Waals surface area contributed by atoms with E-state index in [4.69, 9.17) is 0 Å². The van der Waals surface area contributed by atoms with Crippen molar-refractivity contribution in [1.82, 2.24) is 10.6 Å². The van der Waals surface area contributed by atoms with Crippen molar-refractivity contribution in [3.63, 3.8) is 0 Å². The van der Waals surface area contributed by atoms with Crippen molar-refractivity contribution >= 4 is 27.7 Å². The second-order valence-corrected chi connectivity index (χ2v) is 5.98. The third-order valence-electron chi connectivity index (χ3n) is 3.24. The van der Waals surface area contributed by atoms with Gasteiger partial charge in [0.2, 0.25) is 5.91 Å². The van der Waals surface area contributed by atoms with Gasteiger partial charge in [-0.15, -0.1) is 0 Å². The van der Waals surface area contributed by atoms with E-state index in [1.165, 1.54) is 24.3 Å². The molecule has 0 bridgehead atoms. The summed E-state index contributed by atoms with van der Waals surface area (Å²) in [4.78, 5) is 23.6. The first-order valence-electron chi connectivity index (χ1n) is 7.19. The molecule has 2 aromatic carbocycles. The van der Waals surface area contributed by atoms with Crippen molar-refractivity contribution in [1.29, 1.82) is 0 Å². The van der Waals surface area contributed by atoms with E-state index in [9.17, 15) is 19.1 Å². The zero-order valence-electron chi connectivity index (χ0n) is 12.6. The molecule has 0 radical (unpaired) electrons. The fraction of sp³-hybridized carbons (Fsp3) is 0.176. The van der Waals surface area contributed by atoms with Gasteiger partial charge in [0.05, 0.1) is 12.6 Å². The van der Waals surface area contributed by atoms with Crippen LogP contribution in [-0.2, 0) is 4.79 Å². The van der Waals surface area contributed by atoms with Gasteiger partial charge in [0.25, 0.3) is 5.91 Å². The zero-order chi connectivity index (χ0) is 17.5. The van der Waals surface area contributed by atoms with Gasteiger partial charge in [0.15, 0.2) is 0 Å². The standard InChI is InChI=1S/C17H16BrFN2O3/c18-13-3-1-2-12(8-13)17(24)21-10-16(23)20-9-15(22)11-4-6-14(19)7-5-11/h1-8,15,22H,9-10H2,(H,20,23)(H,21,24). The van der Waals surface area contributed by atoms with Crippen LogP contribution in [0.15, 0.2) is 53.0 Å². The second kappa shape index (κ2) is 8.56. The molecule has 0 heterocycles. The first-order valence-corrected chi connectivity index (χ1v) is 7.99. The van der Waals surface area contributed by atoms with Crippen LogP contribution in [0.4, 0.5) is 4.39 Å². The lowest BCUT2D eigenvalue weighted by atomic mass is 10.1. The highest BCUT2D eigenvalue weighted by Gasteiger charge is 2.11. The lowest BCUT2D eigenvalue weighted by Crippen LogP contribution is -2.38. The molecule has 24 heavy (non-hydrogen) atoms. The van der Waals surface area contributed by atoms with Crippen LogP contribution in [0.3, 0.4) is 0 Å². The number of amides is 2. The van der Waals surface area contributed by atoms with Crippen LogP contribution in [0.2, 0.25) is 0 Å². The summed E-state index contributed by atoms with van der Waals surface area (Å²) in [5, 5.41) is 14.9. The maximum Gasteiger partial charge on any atom is 0.251 e. The molecule has 1 atom stereocenters. The van der Waals surface area contributed by atoms with E-state index >= 15 is 0 Å². The summed E-state index contributed by atoms with van der Waals surface area (Å²) >= 11 is 3.27. The molecule has 0 spiro atoms. The van der Waals surface area contributed by atoms with Crippen molar-refractivity contribution in [2.75, 3.05) is 13.1 Å². The van der Waals surface area contributed by atoms with Gasteiger partial charge in [-0.2, -0.15) is 0 Å². The molecule has 1 unspecified atom stereocenters. The minimum absolute atomic E-state index is 0.0305. The zero-order valence-corrected chi connectivity index (χ0v) is 14.2. The van der Waals surface area contributed by atoms with Crippen molar-refractivity contribution in [3.8, 4) is 0 Å². The highest BCUT2D eigenvalue weighted by atomic mass is 79.9. The Balaban J connectivity index is 1.77. The molecule has 0 fully saturated rings. The lowest BCUT2D eigenvalue weighted by molar-refractivity contribution is -0.120. The van der Waals surface area contributed by atoms with Crippen molar-refractivity contribution < 1.29 is 19.1 Å². The molecule has 0 aliphatic heterocycles. The number of carbonyl (C=O) groups excluding carboxylic acids is 2. The highest BCUT2D eigenvalue weighted by Crippen LogP contribution is 2.12. The summed E-state index contributed by atoms with van der Waals surface area (Å²) in [7, 11) is 0. The van der Waals surface area contributed by atoms with E-state index in [1.54, 1.807) is 24.3 Å². The Hall–Kier alpha value is -2.25. The van der Waals surface area contributed by atoms with E-state index in [-0.39, 0.29) is 19.0 Å². The first kappa shape index (κ1) is 18.1. The maximum absolute atomic E-state index is 12.8. The fourth-order valence-corrected chi connectivity index (χ4v) is 2.37. The number of hydrogen-bond donors (Lipinski definition) is 3. The van der Waals surface area contributed by atoms with Crippen LogP contribution in [0, 0.1) is 5.82 Å². The summed E-state index contributed by atoms with van der Waals surface area (Å²) in [6, 6.07) is 12.2. The van der Waals surface area contributed by atoms with Crippen molar-refractivity contribution in [2.24, 2.45) is 0 Å². The molecule has 0 aliphatic carbocycles. The smallest absolute Gasteiger partial charge is 0.251 e. The maximum atomic E-state index is 12.8. The van der Waals surface area contributed by atoms with Gasteiger partial charge in [-0.3, -0.25) is 9.59 Å². The number of aliphatic hydroxyl groups excluding tert-OH is 1. The summed E-state index contributed by atoms with van der Waals surface area (Å²) < 4.78 is 13.6. The predicted molar refractivity (Wildman–Crippen MR) is 90.8 cm³/mol.